The van der Waals surface area contributed by atoms with E-state index in [1.807, 2.05) is 0 Å². The summed E-state index contributed by atoms with van der Waals surface area (Å²) in [4.78, 5) is 0. The summed E-state index contributed by atoms with van der Waals surface area (Å²) in [5.41, 5.74) is 1.70. The minimum Gasteiger partial charge on any atom is -0.0776 e. The molecule has 16 heavy (non-hydrogen) atoms. The summed E-state index contributed by atoms with van der Waals surface area (Å²) >= 11 is 0. The Morgan fingerprint density at radius 3 is 2.00 bits per heavy atom. The smallest absolute Gasteiger partial charge is 0.0199 e. The van der Waals surface area contributed by atoms with Gasteiger partial charge in [-0.1, -0.05) is 68.5 Å². The normalized spacial score (nSPS) is 18.9. The highest BCUT2D eigenvalue weighted by Gasteiger charge is 2.22. The lowest BCUT2D eigenvalue weighted by molar-refractivity contribution is 0.448. The fourth-order valence-corrected chi connectivity index (χ4v) is 2.33. The maximum atomic E-state index is 2.39. The summed E-state index contributed by atoms with van der Waals surface area (Å²) in [6.45, 7) is 4.53. The maximum Gasteiger partial charge on any atom is 0.0199 e. The standard InChI is InChI=1S/C16H20/c1-3-16(4-2)12-10-15(11-13-16)14-8-6-5-7-9-14/h5-13,15H,3-4H2,1-2H3. The van der Waals surface area contributed by atoms with Crippen molar-refractivity contribution in [2.75, 3.05) is 0 Å². The average Bonchev–Trinajstić information content (AvgIpc) is 2.40. The largest absolute Gasteiger partial charge is 0.0776 e. The second kappa shape index (κ2) is 4.69. The van der Waals surface area contributed by atoms with E-state index in [0.29, 0.717) is 11.3 Å². The molecule has 0 aromatic heterocycles. The lowest BCUT2D eigenvalue weighted by Crippen LogP contribution is -2.15. The van der Waals surface area contributed by atoms with Crippen LogP contribution in [-0.4, -0.2) is 0 Å². The maximum absolute atomic E-state index is 2.39. The van der Waals surface area contributed by atoms with E-state index in [1.54, 1.807) is 0 Å². The molecule has 0 aliphatic heterocycles. The second-order valence-electron chi connectivity index (χ2n) is 4.59. The Labute approximate surface area is 98.7 Å². The Hall–Kier alpha value is -1.30. The van der Waals surface area contributed by atoms with Crippen LogP contribution >= 0.6 is 0 Å². The number of rotatable bonds is 3. The van der Waals surface area contributed by atoms with Crippen LogP contribution in [0.2, 0.25) is 0 Å². The van der Waals surface area contributed by atoms with Gasteiger partial charge in [0.1, 0.15) is 0 Å². The molecule has 0 bridgehead atoms. The minimum absolute atomic E-state index is 0.311. The first-order valence-electron chi connectivity index (χ1n) is 6.23. The number of hydrogen-bond donors (Lipinski definition) is 0. The highest BCUT2D eigenvalue weighted by Crippen LogP contribution is 2.36. The first-order chi connectivity index (χ1) is 7.79. The molecular weight excluding hydrogens is 192 g/mol. The Balaban J connectivity index is 2.18. The third kappa shape index (κ3) is 2.11. The van der Waals surface area contributed by atoms with Crippen molar-refractivity contribution in [3.05, 3.63) is 60.2 Å². The number of allylic oxidation sites excluding steroid dienone is 4. The van der Waals surface area contributed by atoms with E-state index in [-0.39, 0.29) is 0 Å². The van der Waals surface area contributed by atoms with Crippen molar-refractivity contribution in [2.24, 2.45) is 5.41 Å². The van der Waals surface area contributed by atoms with E-state index >= 15 is 0 Å². The van der Waals surface area contributed by atoms with Gasteiger partial charge in [0.15, 0.2) is 0 Å². The lowest BCUT2D eigenvalue weighted by Gasteiger charge is -2.28. The SMILES string of the molecule is CCC1(CC)C=CC(c2ccccc2)C=C1. The van der Waals surface area contributed by atoms with Crippen LogP contribution in [0, 0.1) is 5.41 Å². The van der Waals surface area contributed by atoms with Crippen LogP contribution in [0.25, 0.3) is 0 Å². The van der Waals surface area contributed by atoms with Crippen LogP contribution in [-0.2, 0) is 0 Å². The van der Waals surface area contributed by atoms with E-state index in [1.165, 1.54) is 18.4 Å². The zero-order chi connectivity index (χ0) is 11.4. The molecule has 0 atom stereocenters. The molecule has 2 rings (SSSR count). The summed E-state index contributed by atoms with van der Waals surface area (Å²) in [7, 11) is 0. The highest BCUT2D eigenvalue weighted by molar-refractivity contribution is 5.33. The summed E-state index contributed by atoms with van der Waals surface area (Å²) in [6, 6.07) is 10.7. The van der Waals surface area contributed by atoms with Crippen molar-refractivity contribution in [2.45, 2.75) is 32.6 Å². The van der Waals surface area contributed by atoms with Crippen LogP contribution in [0.3, 0.4) is 0 Å². The predicted molar refractivity (Wildman–Crippen MR) is 70.5 cm³/mol. The Morgan fingerprint density at radius 2 is 1.50 bits per heavy atom. The molecule has 1 aliphatic carbocycles. The fourth-order valence-electron chi connectivity index (χ4n) is 2.33. The molecule has 0 nitrogen and oxygen atoms in total. The summed E-state index contributed by atoms with van der Waals surface area (Å²) < 4.78 is 0. The van der Waals surface area contributed by atoms with Gasteiger partial charge in [0, 0.05) is 11.3 Å². The molecule has 1 aromatic rings. The van der Waals surface area contributed by atoms with Gasteiger partial charge in [-0.15, -0.1) is 0 Å². The lowest BCUT2D eigenvalue weighted by atomic mass is 9.76. The quantitative estimate of drug-likeness (QED) is 0.637. The van der Waals surface area contributed by atoms with Crippen LogP contribution in [0.4, 0.5) is 0 Å². The van der Waals surface area contributed by atoms with E-state index < -0.39 is 0 Å². The number of hydrogen-bond acceptors (Lipinski definition) is 0. The molecule has 0 spiro atoms. The van der Waals surface area contributed by atoms with Gasteiger partial charge in [0.2, 0.25) is 0 Å². The van der Waals surface area contributed by atoms with Crippen molar-refractivity contribution < 1.29 is 0 Å². The van der Waals surface area contributed by atoms with Crippen molar-refractivity contribution >= 4 is 0 Å². The van der Waals surface area contributed by atoms with Crippen LogP contribution in [0.15, 0.2) is 54.6 Å². The molecule has 0 saturated carbocycles. The van der Waals surface area contributed by atoms with Gasteiger partial charge in [-0.3, -0.25) is 0 Å². The first-order valence-corrected chi connectivity index (χ1v) is 6.23. The molecule has 0 heterocycles. The van der Waals surface area contributed by atoms with Crippen LogP contribution in [0.5, 0.6) is 0 Å². The first kappa shape index (κ1) is 11.2. The molecule has 0 radical (unpaired) electrons. The monoisotopic (exact) mass is 212 g/mol. The zero-order valence-electron chi connectivity index (χ0n) is 10.2. The Morgan fingerprint density at radius 1 is 0.938 bits per heavy atom. The zero-order valence-corrected chi connectivity index (χ0v) is 10.2. The Bertz CT molecular complexity index is 364. The molecule has 0 heteroatoms. The second-order valence-corrected chi connectivity index (χ2v) is 4.59. The van der Waals surface area contributed by atoms with Crippen molar-refractivity contribution in [1.29, 1.82) is 0 Å². The highest BCUT2D eigenvalue weighted by atomic mass is 14.3. The minimum atomic E-state index is 0.311. The molecule has 0 amide bonds. The summed E-state index contributed by atoms with van der Waals surface area (Å²) in [6.07, 6.45) is 11.9. The predicted octanol–water partition coefficient (Wildman–Crippen LogP) is 4.70. The molecular formula is C16H20. The summed E-state index contributed by atoms with van der Waals surface area (Å²) in [5.74, 6) is 0.465. The molecule has 0 unspecified atom stereocenters. The van der Waals surface area contributed by atoms with Crippen LogP contribution < -0.4 is 0 Å². The van der Waals surface area contributed by atoms with Gasteiger partial charge in [-0.05, 0) is 18.4 Å². The van der Waals surface area contributed by atoms with Crippen molar-refractivity contribution in [3.63, 3.8) is 0 Å². The van der Waals surface area contributed by atoms with E-state index in [9.17, 15) is 0 Å². The van der Waals surface area contributed by atoms with E-state index in [2.05, 4.69) is 68.5 Å². The molecule has 0 fully saturated rings. The molecule has 1 aliphatic rings. The third-order valence-corrected chi connectivity index (χ3v) is 3.77. The summed E-state index contributed by atoms with van der Waals surface area (Å²) in [5, 5.41) is 0. The molecule has 1 aromatic carbocycles. The fraction of sp³-hybridized carbons (Fsp3) is 0.375. The van der Waals surface area contributed by atoms with Crippen molar-refractivity contribution in [1.82, 2.24) is 0 Å². The van der Waals surface area contributed by atoms with Gasteiger partial charge in [-0.2, -0.15) is 0 Å². The van der Waals surface area contributed by atoms with Crippen molar-refractivity contribution in [3.8, 4) is 0 Å². The van der Waals surface area contributed by atoms with Gasteiger partial charge in [0.05, 0.1) is 0 Å². The van der Waals surface area contributed by atoms with Gasteiger partial charge in [0.25, 0.3) is 0 Å². The van der Waals surface area contributed by atoms with Crippen LogP contribution in [0.1, 0.15) is 38.2 Å². The topological polar surface area (TPSA) is 0 Å². The van der Waals surface area contributed by atoms with E-state index in [0.717, 1.165) is 0 Å². The van der Waals surface area contributed by atoms with Gasteiger partial charge in [-0.25, -0.2) is 0 Å². The van der Waals surface area contributed by atoms with Gasteiger partial charge < -0.3 is 0 Å². The third-order valence-electron chi connectivity index (χ3n) is 3.77. The molecule has 0 N–H and O–H groups in total. The molecule has 0 saturated heterocycles. The van der Waals surface area contributed by atoms with E-state index in [4.69, 9.17) is 0 Å². The Kier molecular flexibility index (Phi) is 3.28. The average molecular weight is 212 g/mol. The molecule has 84 valence electrons. The van der Waals surface area contributed by atoms with Gasteiger partial charge >= 0.3 is 0 Å². The number of benzene rings is 1.